The number of aryl methyl sites for hydroxylation is 1. The summed E-state index contributed by atoms with van der Waals surface area (Å²) >= 11 is 0. The lowest BCUT2D eigenvalue weighted by Crippen LogP contribution is -1.98. The van der Waals surface area contributed by atoms with Gasteiger partial charge in [0, 0.05) is 12.6 Å². The van der Waals surface area contributed by atoms with Crippen molar-refractivity contribution in [2.75, 3.05) is 12.4 Å². The van der Waals surface area contributed by atoms with Crippen molar-refractivity contribution in [3.8, 4) is 11.3 Å². The highest BCUT2D eigenvalue weighted by Gasteiger charge is 2.13. The SMILES string of the molecule is CNc1ccc(-c2ccc(C)c(F)c2F)nn1. The Kier molecular flexibility index (Phi) is 2.99. The summed E-state index contributed by atoms with van der Waals surface area (Å²) in [7, 11) is 1.70. The third-order valence-electron chi connectivity index (χ3n) is 2.47. The summed E-state index contributed by atoms with van der Waals surface area (Å²) in [6, 6.07) is 6.25. The fourth-order valence-corrected chi connectivity index (χ4v) is 1.45. The van der Waals surface area contributed by atoms with E-state index in [0.717, 1.165) is 0 Å². The van der Waals surface area contributed by atoms with Crippen molar-refractivity contribution in [3.05, 3.63) is 41.5 Å². The monoisotopic (exact) mass is 235 g/mol. The van der Waals surface area contributed by atoms with Gasteiger partial charge in [0.15, 0.2) is 11.6 Å². The Balaban J connectivity index is 2.49. The molecular formula is C12H11F2N3. The second-order valence-electron chi connectivity index (χ2n) is 3.61. The third-order valence-corrected chi connectivity index (χ3v) is 2.47. The highest BCUT2D eigenvalue weighted by Crippen LogP contribution is 2.24. The van der Waals surface area contributed by atoms with Crippen LogP contribution in [0.25, 0.3) is 11.3 Å². The van der Waals surface area contributed by atoms with Crippen molar-refractivity contribution in [2.24, 2.45) is 0 Å². The zero-order valence-electron chi connectivity index (χ0n) is 9.46. The van der Waals surface area contributed by atoms with Crippen LogP contribution in [0.2, 0.25) is 0 Å². The van der Waals surface area contributed by atoms with Crippen molar-refractivity contribution >= 4 is 5.82 Å². The van der Waals surface area contributed by atoms with E-state index in [0.29, 0.717) is 11.5 Å². The molecule has 1 N–H and O–H groups in total. The average molecular weight is 235 g/mol. The molecule has 0 spiro atoms. The number of hydrogen-bond donors (Lipinski definition) is 1. The van der Waals surface area contributed by atoms with Crippen molar-refractivity contribution in [3.63, 3.8) is 0 Å². The van der Waals surface area contributed by atoms with Crippen LogP contribution < -0.4 is 5.32 Å². The number of benzene rings is 1. The number of anilines is 1. The Morgan fingerprint density at radius 2 is 1.76 bits per heavy atom. The van der Waals surface area contributed by atoms with E-state index in [2.05, 4.69) is 15.5 Å². The van der Waals surface area contributed by atoms with Gasteiger partial charge in [-0.2, -0.15) is 0 Å². The van der Waals surface area contributed by atoms with Gasteiger partial charge >= 0.3 is 0 Å². The predicted octanol–water partition coefficient (Wildman–Crippen LogP) is 2.77. The molecule has 0 bridgehead atoms. The van der Waals surface area contributed by atoms with E-state index in [9.17, 15) is 8.78 Å². The molecule has 1 aromatic heterocycles. The normalized spacial score (nSPS) is 10.4. The first-order chi connectivity index (χ1) is 8.13. The Hall–Kier alpha value is -2.04. The van der Waals surface area contributed by atoms with E-state index >= 15 is 0 Å². The topological polar surface area (TPSA) is 37.8 Å². The molecule has 3 nitrogen and oxygen atoms in total. The molecule has 0 saturated heterocycles. The summed E-state index contributed by atoms with van der Waals surface area (Å²) in [5, 5.41) is 10.4. The van der Waals surface area contributed by atoms with E-state index < -0.39 is 11.6 Å². The molecule has 0 aliphatic heterocycles. The Bertz CT molecular complexity index is 538. The molecule has 0 aliphatic carbocycles. The lowest BCUT2D eigenvalue weighted by molar-refractivity contribution is 0.505. The first kappa shape index (κ1) is 11.4. The predicted molar refractivity (Wildman–Crippen MR) is 61.7 cm³/mol. The molecule has 0 aliphatic rings. The molecule has 88 valence electrons. The number of rotatable bonds is 2. The lowest BCUT2D eigenvalue weighted by Gasteiger charge is -2.05. The zero-order valence-corrected chi connectivity index (χ0v) is 9.46. The molecule has 5 heteroatoms. The van der Waals surface area contributed by atoms with E-state index in [4.69, 9.17) is 0 Å². The number of nitrogens with one attached hydrogen (secondary N) is 1. The van der Waals surface area contributed by atoms with Crippen molar-refractivity contribution < 1.29 is 8.78 Å². The fourth-order valence-electron chi connectivity index (χ4n) is 1.45. The lowest BCUT2D eigenvalue weighted by atomic mass is 10.1. The second kappa shape index (κ2) is 4.45. The van der Waals surface area contributed by atoms with E-state index in [1.807, 2.05) is 0 Å². The van der Waals surface area contributed by atoms with Crippen LogP contribution in [0.15, 0.2) is 24.3 Å². The van der Waals surface area contributed by atoms with Crippen LogP contribution in [0.3, 0.4) is 0 Å². The Labute approximate surface area is 97.5 Å². The first-order valence-corrected chi connectivity index (χ1v) is 5.10. The second-order valence-corrected chi connectivity index (χ2v) is 3.61. The largest absolute Gasteiger partial charge is 0.372 e. The molecule has 2 aromatic rings. The minimum Gasteiger partial charge on any atom is -0.372 e. The van der Waals surface area contributed by atoms with Crippen LogP contribution >= 0.6 is 0 Å². The third kappa shape index (κ3) is 2.08. The van der Waals surface area contributed by atoms with Gasteiger partial charge < -0.3 is 5.32 Å². The maximum atomic E-state index is 13.7. The molecule has 0 unspecified atom stereocenters. The van der Waals surface area contributed by atoms with Crippen LogP contribution in [0, 0.1) is 18.6 Å². The standard InChI is InChI=1S/C12H11F2N3/c1-7-3-4-8(12(14)11(7)13)9-5-6-10(15-2)17-16-9/h3-6H,1-2H3,(H,15,17). The zero-order chi connectivity index (χ0) is 12.4. The van der Waals surface area contributed by atoms with Crippen molar-refractivity contribution in [2.45, 2.75) is 6.92 Å². The maximum absolute atomic E-state index is 13.7. The van der Waals surface area contributed by atoms with Crippen LogP contribution in [0.5, 0.6) is 0 Å². The van der Waals surface area contributed by atoms with Crippen LogP contribution in [0.1, 0.15) is 5.56 Å². The minimum atomic E-state index is -0.892. The molecule has 0 atom stereocenters. The van der Waals surface area contributed by atoms with Crippen molar-refractivity contribution in [1.82, 2.24) is 10.2 Å². The molecule has 1 heterocycles. The molecule has 0 saturated carbocycles. The summed E-state index contributed by atoms with van der Waals surface area (Å²) in [4.78, 5) is 0. The van der Waals surface area contributed by atoms with Crippen LogP contribution in [-0.4, -0.2) is 17.2 Å². The Morgan fingerprint density at radius 1 is 1.00 bits per heavy atom. The minimum absolute atomic E-state index is 0.114. The summed E-state index contributed by atoms with van der Waals surface area (Å²) in [5.41, 5.74) is 0.690. The van der Waals surface area contributed by atoms with Gasteiger partial charge in [-0.05, 0) is 30.7 Å². The van der Waals surface area contributed by atoms with E-state index in [-0.39, 0.29) is 11.1 Å². The summed E-state index contributed by atoms with van der Waals surface area (Å²) in [5.74, 6) is -1.17. The number of halogens is 2. The summed E-state index contributed by atoms with van der Waals surface area (Å²) in [6.45, 7) is 1.51. The molecule has 2 rings (SSSR count). The van der Waals surface area contributed by atoms with Gasteiger partial charge in [0.25, 0.3) is 0 Å². The van der Waals surface area contributed by atoms with Gasteiger partial charge in [-0.25, -0.2) is 8.78 Å². The molecule has 0 amide bonds. The molecule has 0 radical (unpaired) electrons. The van der Waals surface area contributed by atoms with Gasteiger partial charge in [-0.15, -0.1) is 10.2 Å². The average Bonchev–Trinajstić information content (AvgIpc) is 2.36. The van der Waals surface area contributed by atoms with Crippen molar-refractivity contribution in [1.29, 1.82) is 0 Å². The molecular weight excluding hydrogens is 224 g/mol. The van der Waals surface area contributed by atoms with E-state index in [1.165, 1.54) is 19.1 Å². The smallest absolute Gasteiger partial charge is 0.168 e. The van der Waals surface area contributed by atoms with Gasteiger partial charge in [-0.1, -0.05) is 6.07 Å². The van der Waals surface area contributed by atoms with Gasteiger partial charge in [0.1, 0.15) is 5.82 Å². The molecule has 0 fully saturated rings. The first-order valence-electron chi connectivity index (χ1n) is 5.10. The summed E-state index contributed by atoms with van der Waals surface area (Å²) in [6.07, 6.45) is 0. The number of hydrogen-bond acceptors (Lipinski definition) is 3. The van der Waals surface area contributed by atoms with Gasteiger partial charge in [-0.3, -0.25) is 0 Å². The molecule has 1 aromatic carbocycles. The number of aromatic nitrogens is 2. The number of nitrogens with zero attached hydrogens (tertiary/aromatic N) is 2. The molecule has 17 heavy (non-hydrogen) atoms. The summed E-state index contributed by atoms with van der Waals surface area (Å²) < 4.78 is 27.1. The van der Waals surface area contributed by atoms with Crippen LogP contribution in [-0.2, 0) is 0 Å². The maximum Gasteiger partial charge on any atom is 0.168 e. The van der Waals surface area contributed by atoms with Crippen LogP contribution in [0.4, 0.5) is 14.6 Å². The highest BCUT2D eigenvalue weighted by atomic mass is 19.2. The van der Waals surface area contributed by atoms with Gasteiger partial charge in [0.05, 0.1) is 5.69 Å². The highest BCUT2D eigenvalue weighted by molar-refractivity contribution is 5.61. The van der Waals surface area contributed by atoms with Gasteiger partial charge in [0.2, 0.25) is 0 Å². The fraction of sp³-hybridized carbons (Fsp3) is 0.167. The quantitative estimate of drug-likeness (QED) is 0.869. The van der Waals surface area contributed by atoms with E-state index in [1.54, 1.807) is 19.2 Å². The Morgan fingerprint density at radius 3 is 2.35 bits per heavy atom.